The number of fused-ring (bicyclic) bond motifs is 3. The van der Waals surface area contributed by atoms with E-state index < -0.39 is 0 Å². The van der Waals surface area contributed by atoms with Crippen LogP contribution in [0.3, 0.4) is 0 Å². The Morgan fingerprint density at radius 1 is 1.07 bits per heavy atom. The molecule has 2 aromatic heterocycles. The summed E-state index contributed by atoms with van der Waals surface area (Å²) in [6.45, 7) is 0. The zero-order valence-corrected chi connectivity index (χ0v) is 14.7. The minimum Gasteiger partial charge on any atom is -0.504 e. The van der Waals surface area contributed by atoms with Crippen LogP contribution in [0.15, 0.2) is 58.2 Å². The largest absolute Gasteiger partial charge is 0.504 e. The Morgan fingerprint density at radius 3 is 2.70 bits per heavy atom. The van der Waals surface area contributed by atoms with Gasteiger partial charge in [-0.05, 0) is 29.6 Å². The van der Waals surface area contributed by atoms with Gasteiger partial charge < -0.3 is 21.4 Å². The summed E-state index contributed by atoms with van der Waals surface area (Å²) in [6, 6.07) is 11.9. The van der Waals surface area contributed by atoms with Crippen molar-refractivity contribution in [2.24, 2.45) is 16.2 Å². The second kappa shape index (κ2) is 6.54. The van der Waals surface area contributed by atoms with Crippen LogP contribution in [-0.2, 0) is 0 Å². The molecule has 0 unspecified atom stereocenters. The maximum absolute atomic E-state index is 9.71. The number of anilines is 2. The number of hydrogen-bond donors (Lipinski definition) is 5. The molecule has 134 valence electrons. The maximum Gasteiger partial charge on any atom is 0.176 e. The van der Waals surface area contributed by atoms with Gasteiger partial charge in [0, 0.05) is 32.8 Å². The third-order valence-corrected chi connectivity index (χ3v) is 5.01. The van der Waals surface area contributed by atoms with Gasteiger partial charge in [-0.25, -0.2) is 4.98 Å². The molecule has 9 heteroatoms. The van der Waals surface area contributed by atoms with Crippen LogP contribution in [-0.4, -0.2) is 21.0 Å². The number of pyridine rings is 1. The molecule has 0 fully saturated rings. The number of thiophene rings is 1. The van der Waals surface area contributed by atoms with Crippen molar-refractivity contribution in [3.05, 3.63) is 53.4 Å². The van der Waals surface area contributed by atoms with E-state index >= 15 is 0 Å². The summed E-state index contributed by atoms with van der Waals surface area (Å²) in [5.74, 6) is 5.17. The first kappa shape index (κ1) is 16.7. The topological polar surface area (TPSA) is 140 Å². The summed E-state index contributed by atoms with van der Waals surface area (Å²) in [5, 5.41) is 40.8. The number of nitrogens with zero attached hydrogens (tertiary/aromatic N) is 3. The van der Waals surface area contributed by atoms with Gasteiger partial charge in [-0.3, -0.25) is 5.41 Å². The van der Waals surface area contributed by atoms with Crippen molar-refractivity contribution in [3.8, 4) is 11.5 Å². The summed E-state index contributed by atoms with van der Waals surface area (Å²) in [4.78, 5) is 4.68. The summed E-state index contributed by atoms with van der Waals surface area (Å²) in [7, 11) is 0. The fraction of sp³-hybridized carbons (Fsp3) is 0. The smallest absolute Gasteiger partial charge is 0.176 e. The molecule has 8 nitrogen and oxygen atoms in total. The van der Waals surface area contributed by atoms with Crippen LogP contribution >= 0.6 is 11.3 Å². The van der Waals surface area contributed by atoms with Gasteiger partial charge in [0.25, 0.3) is 0 Å². The fourth-order valence-corrected chi connectivity index (χ4v) is 3.73. The SMILES string of the molecule is N=C(N=NN)c1ccc2c(c1)nc(Nc1ccc(O)c(O)c1)c1ccsc12. The van der Waals surface area contributed by atoms with E-state index in [1.54, 1.807) is 29.5 Å². The van der Waals surface area contributed by atoms with Gasteiger partial charge in [-0.15, -0.1) is 16.5 Å². The quantitative estimate of drug-likeness (QED) is 0.0689. The molecule has 0 aliphatic rings. The molecule has 0 aliphatic heterocycles. The number of nitrogens with two attached hydrogens (primary N) is 1. The molecular weight excluding hydrogens is 364 g/mol. The highest BCUT2D eigenvalue weighted by Gasteiger charge is 2.12. The Hall–Kier alpha value is -3.72. The Bertz CT molecular complexity index is 1220. The molecular formula is C18H14N6O2S. The molecule has 0 aliphatic carbocycles. The van der Waals surface area contributed by atoms with Crippen molar-refractivity contribution in [1.29, 1.82) is 5.41 Å². The van der Waals surface area contributed by atoms with Crippen molar-refractivity contribution in [2.75, 3.05) is 5.32 Å². The number of phenols is 2. The van der Waals surface area contributed by atoms with E-state index in [2.05, 4.69) is 20.6 Å². The van der Waals surface area contributed by atoms with Crippen LogP contribution < -0.4 is 11.2 Å². The Morgan fingerprint density at radius 2 is 1.93 bits per heavy atom. The molecule has 2 aromatic carbocycles. The van der Waals surface area contributed by atoms with E-state index in [1.165, 1.54) is 12.1 Å². The van der Waals surface area contributed by atoms with Crippen LogP contribution in [0.2, 0.25) is 0 Å². The summed E-state index contributed by atoms with van der Waals surface area (Å²) < 4.78 is 1.05. The molecule has 2 heterocycles. The average molecular weight is 378 g/mol. The van der Waals surface area contributed by atoms with Crippen LogP contribution in [0.5, 0.6) is 11.5 Å². The standard InChI is InChI=1S/C18H14N6O2S/c19-17(23-24-20)9-1-3-11-13(7-9)22-18(12-5-6-27-16(11)12)21-10-2-4-14(25)15(26)8-10/h1-8,25-26H,(H,21,22)(H3,19,20,23). The molecule has 4 aromatic rings. The van der Waals surface area contributed by atoms with Crippen molar-refractivity contribution in [2.45, 2.75) is 0 Å². The third-order valence-electron chi connectivity index (χ3n) is 4.06. The number of nitrogens with one attached hydrogen (secondary N) is 2. The number of hydrogen-bond acceptors (Lipinski definition) is 7. The van der Waals surface area contributed by atoms with Gasteiger partial charge in [0.1, 0.15) is 5.82 Å². The van der Waals surface area contributed by atoms with Gasteiger partial charge in [-0.2, -0.15) is 0 Å². The molecule has 4 rings (SSSR count). The Kier molecular flexibility index (Phi) is 4.05. The first-order valence-electron chi connectivity index (χ1n) is 7.86. The van der Waals surface area contributed by atoms with Gasteiger partial charge in [-0.1, -0.05) is 17.4 Å². The second-order valence-electron chi connectivity index (χ2n) is 5.75. The van der Waals surface area contributed by atoms with Crippen molar-refractivity contribution in [3.63, 3.8) is 0 Å². The zero-order valence-electron chi connectivity index (χ0n) is 13.8. The molecule has 0 amide bonds. The average Bonchev–Trinajstić information content (AvgIpc) is 3.15. The van der Waals surface area contributed by atoms with Crippen LogP contribution in [0.25, 0.3) is 21.0 Å². The van der Waals surface area contributed by atoms with Crippen molar-refractivity contribution in [1.82, 2.24) is 4.98 Å². The van der Waals surface area contributed by atoms with Crippen molar-refractivity contribution < 1.29 is 10.2 Å². The van der Waals surface area contributed by atoms with E-state index in [9.17, 15) is 10.2 Å². The predicted molar refractivity (Wildman–Crippen MR) is 106 cm³/mol. The predicted octanol–water partition coefficient (Wildman–Crippen LogP) is 4.26. The Labute approximate surface area is 157 Å². The number of benzene rings is 2. The number of rotatable bonds is 3. The summed E-state index contributed by atoms with van der Waals surface area (Å²) >= 11 is 1.59. The van der Waals surface area contributed by atoms with E-state index in [1.807, 2.05) is 17.5 Å². The molecule has 0 saturated heterocycles. The highest BCUT2D eigenvalue weighted by atomic mass is 32.1. The summed E-state index contributed by atoms with van der Waals surface area (Å²) in [5.41, 5.74) is 1.82. The van der Waals surface area contributed by atoms with Crippen LogP contribution in [0.4, 0.5) is 11.5 Å². The van der Waals surface area contributed by atoms with E-state index in [0.29, 0.717) is 22.6 Å². The normalized spacial score (nSPS) is 11.4. The molecule has 27 heavy (non-hydrogen) atoms. The lowest BCUT2D eigenvalue weighted by atomic mass is 10.1. The molecule has 0 radical (unpaired) electrons. The lowest BCUT2D eigenvalue weighted by molar-refractivity contribution is 0.404. The summed E-state index contributed by atoms with van der Waals surface area (Å²) in [6.07, 6.45) is 0. The molecule has 6 N–H and O–H groups in total. The van der Waals surface area contributed by atoms with E-state index in [4.69, 9.17) is 11.3 Å². The van der Waals surface area contributed by atoms with Gasteiger partial charge in [0.15, 0.2) is 17.3 Å². The lowest BCUT2D eigenvalue weighted by Crippen LogP contribution is -1.98. The number of aromatic hydroxyl groups is 2. The highest BCUT2D eigenvalue weighted by Crippen LogP contribution is 2.36. The first-order chi connectivity index (χ1) is 13.1. The second-order valence-corrected chi connectivity index (χ2v) is 6.66. The Balaban J connectivity index is 1.86. The maximum atomic E-state index is 9.71. The fourth-order valence-electron chi connectivity index (χ4n) is 2.80. The monoisotopic (exact) mass is 378 g/mol. The number of amidine groups is 1. The minimum atomic E-state index is -0.217. The minimum absolute atomic E-state index is 0.0505. The molecule has 0 saturated carbocycles. The zero-order chi connectivity index (χ0) is 19.0. The third kappa shape index (κ3) is 3.00. The van der Waals surface area contributed by atoms with E-state index in [-0.39, 0.29) is 17.3 Å². The van der Waals surface area contributed by atoms with Gasteiger partial charge >= 0.3 is 0 Å². The van der Waals surface area contributed by atoms with Gasteiger partial charge in [0.2, 0.25) is 0 Å². The van der Waals surface area contributed by atoms with Crippen LogP contribution in [0.1, 0.15) is 5.56 Å². The number of aromatic nitrogens is 1. The number of phenolic OH excluding ortho intramolecular Hbond substituents is 2. The lowest BCUT2D eigenvalue weighted by Gasteiger charge is -2.10. The van der Waals surface area contributed by atoms with Crippen LogP contribution in [0, 0.1) is 5.41 Å². The molecule has 0 spiro atoms. The van der Waals surface area contributed by atoms with Crippen molar-refractivity contribution >= 4 is 49.7 Å². The highest BCUT2D eigenvalue weighted by molar-refractivity contribution is 7.18. The van der Waals surface area contributed by atoms with Gasteiger partial charge in [0.05, 0.1) is 5.52 Å². The first-order valence-corrected chi connectivity index (χ1v) is 8.74. The molecule has 0 bridgehead atoms. The molecule has 0 atom stereocenters. The van der Waals surface area contributed by atoms with E-state index in [0.717, 1.165) is 15.5 Å².